The minimum Gasteiger partial charge on any atom is -0.292 e. The van der Waals surface area contributed by atoms with E-state index in [0.29, 0.717) is 5.56 Å². The number of rotatable bonds is 3. The molecule has 0 fully saturated rings. The number of hydrogen-bond donors (Lipinski definition) is 0. The Morgan fingerprint density at radius 2 is 2.00 bits per heavy atom. The Balaban J connectivity index is 2.47. The zero-order valence-electron chi connectivity index (χ0n) is 10.7. The van der Waals surface area contributed by atoms with Gasteiger partial charge in [0.15, 0.2) is 11.3 Å². The van der Waals surface area contributed by atoms with Crippen molar-refractivity contribution < 1.29 is 18.0 Å². The van der Waals surface area contributed by atoms with Gasteiger partial charge in [-0.1, -0.05) is 30.3 Å². The summed E-state index contributed by atoms with van der Waals surface area (Å²) in [7, 11) is 0. The molecule has 0 N–H and O–H groups in total. The van der Waals surface area contributed by atoms with E-state index in [4.69, 9.17) is 16.9 Å². The molecule has 7 heteroatoms. The summed E-state index contributed by atoms with van der Waals surface area (Å²) in [6, 6.07) is 9.49. The average Bonchev–Trinajstić information content (AvgIpc) is 2.77. The van der Waals surface area contributed by atoms with Crippen molar-refractivity contribution in [2.75, 3.05) is 0 Å². The second kappa shape index (κ2) is 5.49. The molecular weight excluding hydrogens is 305 g/mol. The lowest BCUT2D eigenvalue weighted by Crippen LogP contribution is -2.44. The minimum absolute atomic E-state index is 0.213. The lowest BCUT2D eigenvalue weighted by atomic mass is 9.89. The standard InChI is InChI=1S/C14H10ClF3N2O/c15-10(8-19)6-13(14(16,17)18)7-11(21)12(20-13)9-4-2-1-3-5-9/h1-5,10H,6-7H2. The Morgan fingerprint density at radius 1 is 1.38 bits per heavy atom. The van der Waals surface area contributed by atoms with Crippen LogP contribution in [0.3, 0.4) is 0 Å². The van der Waals surface area contributed by atoms with Crippen LogP contribution in [0.15, 0.2) is 35.3 Å². The monoisotopic (exact) mass is 314 g/mol. The van der Waals surface area contributed by atoms with E-state index in [-0.39, 0.29) is 5.71 Å². The molecule has 0 aromatic heterocycles. The van der Waals surface area contributed by atoms with Crippen LogP contribution in [0.5, 0.6) is 0 Å². The minimum atomic E-state index is -4.75. The third kappa shape index (κ3) is 2.93. The summed E-state index contributed by atoms with van der Waals surface area (Å²) < 4.78 is 40.0. The van der Waals surface area contributed by atoms with Gasteiger partial charge in [0.1, 0.15) is 11.1 Å². The van der Waals surface area contributed by atoms with Crippen molar-refractivity contribution in [1.29, 1.82) is 5.26 Å². The summed E-state index contributed by atoms with van der Waals surface area (Å²) in [5.41, 5.74) is -2.50. The molecule has 2 atom stereocenters. The van der Waals surface area contributed by atoms with Crippen LogP contribution in [-0.2, 0) is 4.79 Å². The van der Waals surface area contributed by atoms with E-state index in [1.807, 2.05) is 0 Å². The van der Waals surface area contributed by atoms with Crippen LogP contribution in [0.25, 0.3) is 0 Å². The van der Waals surface area contributed by atoms with Crippen molar-refractivity contribution in [2.45, 2.75) is 29.9 Å². The molecule has 2 rings (SSSR count). The number of hydrogen-bond acceptors (Lipinski definition) is 3. The van der Waals surface area contributed by atoms with Crippen LogP contribution >= 0.6 is 11.6 Å². The van der Waals surface area contributed by atoms with Crippen LogP contribution in [0.2, 0.25) is 0 Å². The molecule has 1 heterocycles. The van der Waals surface area contributed by atoms with E-state index in [9.17, 15) is 18.0 Å². The molecule has 1 aromatic carbocycles. The molecule has 1 aliphatic heterocycles. The third-order valence-corrected chi connectivity index (χ3v) is 3.53. The first kappa shape index (κ1) is 15.5. The number of alkyl halides is 4. The predicted molar refractivity (Wildman–Crippen MR) is 71.3 cm³/mol. The van der Waals surface area contributed by atoms with Gasteiger partial charge in [0.2, 0.25) is 0 Å². The van der Waals surface area contributed by atoms with Gasteiger partial charge in [-0.3, -0.25) is 9.79 Å². The topological polar surface area (TPSA) is 53.2 Å². The number of aliphatic imine (C=N–C) groups is 1. The van der Waals surface area contributed by atoms with E-state index in [1.54, 1.807) is 24.3 Å². The summed E-state index contributed by atoms with van der Waals surface area (Å²) in [6.45, 7) is 0. The lowest BCUT2D eigenvalue weighted by Gasteiger charge is -2.28. The van der Waals surface area contributed by atoms with Gasteiger partial charge in [0, 0.05) is 18.4 Å². The number of halogens is 4. The van der Waals surface area contributed by atoms with Gasteiger partial charge in [-0.25, -0.2) is 0 Å². The van der Waals surface area contributed by atoms with Gasteiger partial charge in [-0.05, 0) is 0 Å². The Kier molecular flexibility index (Phi) is 4.06. The first-order valence-corrected chi connectivity index (χ1v) is 6.51. The summed E-state index contributed by atoms with van der Waals surface area (Å²) in [6.07, 6.45) is -6.30. The molecule has 0 spiro atoms. The molecule has 0 amide bonds. The van der Waals surface area contributed by atoms with E-state index in [1.165, 1.54) is 12.1 Å². The van der Waals surface area contributed by atoms with Gasteiger partial charge in [0.05, 0.1) is 6.07 Å². The third-order valence-electron chi connectivity index (χ3n) is 3.27. The zero-order valence-corrected chi connectivity index (χ0v) is 11.4. The molecule has 0 saturated carbocycles. The van der Waals surface area contributed by atoms with Gasteiger partial charge in [0.25, 0.3) is 0 Å². The Bertz CT molecular complexity index is 621. The fourth-order valence-electron chi connectivity index (χ4n) is 2.23. The van der Waals surface area contributed by atoms with Crippen LogP contribution in [0, 0.1) is 11.3 Å². The van der Waals surface area contributed by atoms with Crippen molar-refractivity contribution in [3.63, 3.8) is 0 Å². The fourth-order valence-corrected chi connectivity index (χ4v) is 2.48. The van der Waals surface area contributed by atoms with Crippen LogP contribution in [0.1, 0.15) is 18.4 Å². The number of benzene rings is 1. The highest BCUT2D eigenvalue weighted by molar-refractivity contribution is 6.48. The number of ketones is 1. The Hall–Kier alpha value is -1.87. The van der Waals surface area contributed by atoms with Crippen molar-refractivity contribution in [3.05, 3.63) is 35.9 Å². The van der Waals surface area contributed by atoms with E-state index in [2.05, 4.69) is 4.99 Å². The molecule has 21 heavy (non-hydrogen) atoms. The second-order valence-corrected chi connectivity index (χ2v) is 5.28. The van der Waals surface area contributed by atoms with E-state index in [0.717, 1.165) is 0 Å². The molecule has 1 aromatic rings. The van der Waals surface area contributed by atoms with Gasteiger partial charge >= 0.3 is 6.18 Å². The summed E-state index contributed by atoms with van der Waals surface area (Å²) >= 11 is 5.54. The second-order valence-electron chi connectivity index (χ2n) is 4.76. The first-order valence-electron chi connectivity index (χ1n) is 6.08. The molecule has 1 aliphatic rings. The summed E-state index contributed by atoms with van der Waals surface area (Å²) in [5, 5.41) is 7.28. The molecule has 0 bridgehead atoms. The molecule has 0 radical (unpaired) electrons. The van der Waals surface area contributed by atoms with Crippen molar-refractivity contribution >= 4 is 23.1 Å². The maximum atomic E-state index is 13.3. The average molecular weight is 315 g/mol. The van der Waals surface area contributed by atoms with Crippen molar-refractivity contribution in [2.24, 2.45) is 4.99 Å². The molecule has 0 saturated heterocycles. The van der Waals surface area contributed by atoms with Crippen LogP contribution in [-0.4, -0.2) is 28.6 Å². The Morgan fingerprint density at radius 3 is 2.52 bits per heavy atom. The normalized spacial score (nSPS) is 23.6. The number of Topliss-reactive ketones (excluding diaryl/α,β-unsaturated/α-hetero) is 1. The van der Waals surface area contributed by atoms with E-state index < -0.39 is 35.7 Å². The number of carbonyl (C=O) groups is 1. The molecule has 2 unspecified atom stereocenters. The van der Waals surface area contributed by atoms with Crippen LogP contribution in [0.4, 0.5) is 13.2 Å². The number of nitrogens with zero attached hydrogens (tertiary/aromatic N) is 2. The fraction of sp³-hybridized carbons (Fsp3) is 0.357. The first-order chi connectivity index (χ1) is 9.79. The van der Waals surface area contributed by atoms with Crippen LogP contribution < -0.4 is 0 Å². The van der Waals surface area contributed by atoms with Gasteiger partial charge < -0.3 is 0 Å². The van der Waals surface area contributed by atoms with Crippen molar-refractivity contribution in [3.8, 4) is 6.07 Å². The quantitative estimate of drug-likeness (QED) is 0.804. The van der Waals surface area contributed by atoms with Gasteiger partial charge in [-0.2, -0.15) is 18.4 Å². The summed E-state index contributed by atoms with van der Waals surface area (Å²) in [5.74, 6) is -0.694. The largest absolute Gasteiger partial charge is 0.414 e. The molecular formula is C14H10ClF3N2O. The smallest absolute Gasteiger partial charge is 0.292 e. The highest BCUT2D eigenvalue weighted by Crippen LogP contribution is 2.44. The predicted octanol–water partition coefficient (Wildman–Crippen LogP) is 3.27. The molecule has 3 nitrogen and oxygen atoms in total. The Labute approximate surface area is 124 Å². The number of nitriles is 1. The van der Waals surface area contributed by atoms with Crippen molar-refractivity contribution in [1.82, 2.24) is 0 Å². The lowest BCUT2D eigenvalue weighted by molar-refractivity contribution is -0.186. The maximum Gasteiger partial charge on any atom is 0.414 e. The zero-order chi connectivity index (χ0) is 15.7. The highest BCUT2D eigenvalue weighted by atomic mass is 35.5. The van der Waals surface area contributed by atoms with E-state index >= 15 is 0 Å². The molecule has 0 aliphatic carbocycles. The summed E-state index contributed by atoms with van der Waals surface area (Å²) in [4.78, 5) is 15.6. The SMILES string of the molecule is N#CC(Cl)CC1(C(F)(F)F)CC(=O)C(c2ccccc2)=N1. The maximum absolute atomic E-state index is 13.3. The highest BCUT2D eigenvalue weighted by Gasteiger charge is 2.60. The van der Waals surface area contributed by atoms with Gasteiger partial charge in [-0.15, -0.1) is 11.6 Å². The number of carbonyl (C=O) groups excluding carboxylic acids is 1. The molecule has 110 valence electrons.